The van der Waals surface area contributed by atoms with Crippen LogP contribution in [0.3, 0.4) is 0 Å². The molecule has 1 aromatic heterocycles. The summed E-state index contributed by atoms with van der Waals surface area (Å²) in [4.78, 5) is 3.73. The Morgan fingerprint density at radius 2 is 2.00 bits per heavy atom. The molecule has 0 saturated heterocycles. The molecule has 0 fully saturated rings. The summed E-state index contributed by atoms with van der Waals surface area (Å²) in [7, 11) is 1.83. The molecule has 11 heavy (non-hydrogen) atoms. The van der Waals surface area contributed by atoms with Crippen LogP contribution < -0.4 is 0 Å². The molecule has 0 aliphatic heterocycles. The molecule has 3 heteroatoms. The summed E-state index contributed by atoms with van der Waals surface area (Å²) >= 11 is 0. The van der Waals surface area contributed by atoms with E-state index in [4.69, 9.17) is 0 Å². The smallest absolute Gasteiger partial charge is 0.234 e. The zero-order valence-electron chi connectivity index (χ0n) is 7.35. The van der Waals surface area contributed by atoms with Gasteiger partial charge < -0.3 is 4.57 Å². The molecule has 0 aromatic carbocycles. The first-order valence-electron chi connectivity index (χ1n) is 3.72. The Labute approximate surface area is 66.1 Å². The molecule has 0 amide bonds. The maximum absolute atomic E-state index is 13.0. The van der Waals surface area contributed by atoms with E-state index in [2.05, 4.69) is 4.98 Å². The molecule has 0 radical (unpaired) electrons. The standard InChI is InChI=1S/C8H13FN2/c1-5(2)7-8(9)10-6(3)11(7)4/h5H,1-4H3. The van der Waals surface area contributed by atoms with Crippen molar-refractivity contribution < 1.29 is 4.39 Å². The number of rotatable bonds is 1. The minimum absolute atomic E-state index is 0.196. The predicted octanol–water partition coefficient (Wildman–Crippen LogP) is 1.99. The molecule has 1 aromatic rings. The summed E-state index contributed by atoms with van der Waals surface area (Å²) in [5.74, 6) is 0.590. The Balaban J connectivity index is 3.22. The second-order valence-electron chi connectivity index (χ2n) is 3.05. The van der Waals surface area contributed by atoms with Crippen molar-refractivity contribution in [1.29, 1.82) is 0 Å². The number of hydrogen-bond acceptors (Lipinski definition) is 1. The highest BCUT2D eigenvalue weighted by Crippen LogP contribution is 2.17. The van der Waals surface area contributed by atoms with Gasteiger partial charge in [-0.3, -0.25) is 0 Å². The number of imidazole rings is 1. The van der Waals surface area contributed by atoms with E-state index in [9.17, 15) is 4.39 Å². The van der Waals surface area contributed by atoms with Gasteiger partial charge in [0.1, 0.15) is 5.82 Å². The van der Waals surface area contributed by atoms with Gasteiger partial charge in [0.15, 0.2) is 0 Å². The summed E-state index contributed by atoms with van der Waals surface area (Å²) in [5.41, 5.74) is 0.683. The van der Waals surface area contributed by atoms with Crippen LogP contribution in [0.25, 0.3) is 0 Å². The van der Waals surface area contributed by atoms with Gasteiger partial charge in [0.25, 0.3) is 0 Å². The molecular formula is C8H13FN2. The van der Waals surface area contributed by atoms with E-state index in [-0.39, 0.29) is 11.9 Å². The largest absolute Gasteiger partial charge is 0.332 e. The third kappa shape index (κ3) is 1.27. The van der Waals surface area contributed by atoms with Crippen molar-refractivity contribution in [2.45, 2.75) is 26.7 Å². The number of nitrogens with zero attached hydrogens (tertiary/aromatic N) is 2. The lowest BCUT2D eigenvalue weighted by Gasteiger charge is -2.05. The van der Waals surface area contributed by atoms with Crippen LogP contribution in [-0.2, 0) is 7.05 Å². The number of aryl methyl sites for hydroxylation is 1. The van der Waals surface area contributed by atoms with Gasteiger partial charge >= 0.3 is 0 Å². The van der Waals surface area contributed by atoms with Gasteiger partial charge in [0.05, 0.1) is 5.69 Å². The van der Waals surface area contributed by atoms with E-state index in [1.54, 1.807) is 11.5 Å². The predicted molar refractivity (Wildman–Crippen MR) is 42.0 cm³/mol. The quantitative estimate of drug-likeness (QED) is 0.608. The number of aromatic nitrogens is 2. The highest BCUT2D eigenvalue weighted by Gasteiger charge is 2.14. The van der Waals surface area contributed by atoms with Crippen molar-refractivity contribution in [1.82, 2.24) is 9.55 Å². The van der Waals surface area contributed by atoms with E-state index in [0.717, 1.165) is 5.82 Å². The molecular weight excluding hydrogens is 143 g/mol. The van der Waals surface area contributed by atoms with Gasteiger partial charge in [-0.1, -0.05) is 13.8 Å². The Kier molecular flexibility index (Phi) is 1.98. The summed E-state index contributed by atoms with van der Waals surface area (Å²) in [6.45, 7) is 5.72. The third-order valence-corrected chi connectivity index (χ3v) is 1.86. The molecule has 0 N–H and O–H groups in total. The topological polar surface area (TPSA) is 17.8 Å². The van der Waals surface area contributed by atoms with Crippen LogP contribution in [0.2, 0.25) is 0 Å². The summed E-state index contributed by atoms with van der Waals surface area (Å²) in [5, 5.41) is 0. The van der Waals surface area contributed by atoms with Crippen LogP contribution in [0.15, 0.2) is 0 Å². The minimum atomic E-state index is -0.333. The second-order valence-corrected chi connectivity index (χ2v) is 3.05. The zero-order valence-corrected chi connectivity index (χ0v) is 7.35. The van der Waals surface area contributed by atoms with E-state index >= 15 is 0 Å². The first-order chi connectivity index (χ1) is 5.04. The normalized spacial score (nSPS) is 11.1. The molecule has 0 atom stereocenters. The lowest BCUT2D eigenvalue weighted by atomic mass is 10.1. The fourth-order valence-electron chi connectivity index (χ4n) is 1.21. The van der Waals surface area contributed by atoms with Gasteiger partial charge in [-0.05, 0) is 12.8 Å². The van der Waals surface area contributed by atoms with E-state index in [0.29, 0.717) is 5.69 Å². The van der Waals surface area contributed by atoms with Crippen molar-refractivity contribution in [3.05, 3.63) is 17.5 Å². The van der Waals surface area contributed by atoms with Crippen LogP contribution in [0.4, 0.5) is 4.39 Å². The van der Waals surface area contributed by atoms with E-state index in [1.165, 1.54) is 0 Å². The highest BCUT2D eigenvalue weighted by atomic mass is 19.1. The highest BCUT2D eigenvalue weighted by molar-refractivity contribution is 5.10. The van der Waals surface area contributed by atoms with Crippen LogP contribution in [0.5, 0.6) is 0 Å². The van der Waals surface area contributed by atoms with Gasteiger partial charge in [0, 0.05) is 7.05 Å². The molecule has 0 aliphatic carbocycles. The SMILES string of the molecule is Cc1nc(F)c(C(C)C)n1C. The van der Waals surface area contributed by atoms with E-state index < -0.39 is 0 Å². The van der Waals surface area contributed by atoms with Crippen molar-refractivity contribution >= 4 is 0 Å². The Morgan fingerprint density at radius 1 is 1.45 bits per heavy atom. The molecule has 1 rings (SSSR count). The lowest BCUT2D eigenvalue weighted by Crippen LogP contribution is -2.01. The Morgan fingerprint density at radius 3 is 2.18 bits per heavy atom. The fraction of sp³-hybridized carbons (Fsp3) is 0.625. The zero-order chi connectivity index (χ0) is 8.59. The van der Waals surface area contributed by atoms with E-state index in [1.807, 2.05) is 20.9 Å². The molecule has 0 aliphatic rings. The summed E-state index contributed by atoms with van der Waals surface area (Å²) < 4.78 is 14.8. The summed E-state index contributed by atoms with van der Waals surface area (Å²) in [6, 6.07) is 0. The summed E-state index contributed by atoms with van der Waals surface area (Å²) in [6.07, 6.45) is 0. The first kappa shape index (κ1) is 8.24. The lowest BCUT2D eigenvalue weighted by molar-refractivity contribution is 0.555. The molecule has 0 bridgehead atoms. The monoisotopic (exact) mass is 156 g/mol. The minimum Gasteiger partial charge on any atom is -0.332 e. The van der Waals surface area contributed by atoms with Crippen LogP contribution >= 0.6 is 0 Å². The van der Waals surface area contributed by atoms with Crippen molar-refractivity contribution in [3.8, 4) is 0 Å². The second kappa shape index (κ2) is 2.64. The molecule has 0 unspecified atom stereocenters. The third-order valence-electron chi connectivity index (χ3n) is 1.86. The van der Waals surface area contributed by atoms with Crippen molar-refractivity contribution in [2.24, 2.45) is 7.05 Å². The molecule has 1 heterocycles. The van der Waals surface area contributed by atoms with Gasteiger partial charge in [-0.25, -0.2) is 4.98 Å². The van der Waals surface area contributed by atoms with Crippen molar-refractivity contribution in [3.63, 3.8) is 0 Å². The molecule has 62 valence electrons. The first-order valence-corrected chi connectivity index (χ1v) is 3.72. The van der Waals surface area contributed by atoms with Gasteiger partial charge in [-0.15, -0.1) is 0 Å². The van der Waals surface area contributed by atoms with Crippen LogP contribution in [0, 0.1) is 12.9 Å². The number of halogens is 1. The van der Waals surface area contributed by atoms with Crippen molar-refractivity contribution in [2.75, 3.05) is 0 Å². The molecule has 2 nitrogen and oxygen atoms in total. The maximum atomic E-state index is 13.0. The molecule has 0 spiro atoms. The molecule has 0 saturated carbocycles. The number of hydrogen-bond donors (Lipinski definition) is 0. The van der Waals surface area contributed by atoms with Crippen LogP contribution in [-0.4, -0.2) is 9.55 Å². The Hall–Kier alpha value is -0.860. The Bertz CT molecular complexity index is 263. The van der Waals surface area contributed by atoms with Gasteiger partial charge in [0.2, 0.25) is 5.95 Å². The average Bonchev–Trinajstić information content (AvgIpc) is 2.07. The van der Waals surface area contributed by atoms with Crippen LogP contribution in [0.1, 0.15) is 31.3 Å². The maximum Gasteiger partial charge on any atom is 0.234 e. The fourth-order valence-corrected chi connectivity index (χ4v) is 1.21. The van der Waals surface area contributed by atoms with Gasteiger partial charge in [-0.2, -0.15) is 4.39 Å². The average molecular weight is 156 g/mol.